The van der Waals surface area contributed by atoms with Gasteiger partial charge in [0.25, 0.3) is 0 Å². The number of benzene rings is 1. The van der Waals surface area contributed by atoms with E-state index in [1.165, 1.54) is 5.56 Å². The van der Waals surface area contributed by atoms with Crippen molar-refractivity contribution in [2.75, 3.05) is 18.0 Å². The molecule has 0 bridgehead atoms. The predicted octanol–water partition coefficient (Wildman–Crippen LogP) is 3.23. The molecule has 0 unspecified atom stereocenters. The minimum absolute atomic E-state index is 0.00748. The summed E-state index contributed by atoms with van der Waals surface area (Å²) in [6.45, 7) is 8.23. The lowest BCUT2D eigenvalue weighted by Gasteiger charge is -2.21. The van der Waals surface area contributed by atoms with Crippen LogP contribution in [-0.2, 0) is 22.3 Å². The van der Waals surface area contributed by atoms with Crippen LogP contribution in [0.3, 0.4) is 0 Å². The van der Waals surface area contributed by atoms with Crippen molar-refractivity contribution in [1.29, 1.82) is 0 Å². The first kappa shape index (κ1) is 18.9. The number of anilines is 1. The highest BCUT2D eigenvalue weighted by Crippen LogP contribution is 2.23. The fourth-order valence-electron chi connectivity index (χ4n) is 3.26. The van der Waals surface area contributed by atoms with E-state index in [9.17, 15) is 8.42 Å². The number of nitrogens with zero attached hydrogens (tertiary/aromatic N) is 2. The van der Waals surface area contributed by atoms with E-state index in [-0.39, 0.29) is 12.3 Å². The number of aromatic nitrogens is 1. The molecule has 6 heteroatoms. The van der Waals surface area contributed by atoms with Gasteiger partial charge in [0.2, 0.25) is 10.0 Å². The zero-order chi connectivity index (χ0) is 18.7. The van der Waals surface area contributed by atoms with E-state index in [4.69, 9.17) is 0 Å². The second kappa shape index (κ2) is 7.76. The average molecular weight is 374 g/mol. The van der Waals surface area contributed by atoms with Gasteiger partial charge in [-0.25, -0.2) is 18.1 Å². The van der Waals surface area contributed by atoms with Crippen molar-refractivity contribution in [2.45, 2.75) is 45.9 Å². The first-order valence-electron chi connectivity index (χ1n) is 9.09. The van der Waals surface area contributed by atoms with Gasteiger partial charge in [0.1, 0.15) is 5.82 Å². The summed E-state index contributed by atoms with van der Waals surface area (Å²) in [5.41, 5.74) is 4.97. The average Bonchev–Trinajstić information content (AvgIpc) is 3.11. The molecule has 0 radical (unpaired) electrons. The highest BCUT2D eigenvalue weighted by atomic mass is 32.2. The molecular weight excluding hydrogens is 346 g/mol. The Hall–Kier alpha value is -1.92. The Bertz CT molecular complexity index is 888. The van der Waals surface area contributed by atoms with E-state index >= 15 is 0 Å². The van der Waals surface area contributed by atoms with Gasteiger partial charge in [0.05, 0.1) is 5.75 Å². The Balaban J connectivity index is 1.72. The van der Waals surface area contributed by atoms with Crippen LogP contribution in [0.4, 0.5) is 5.82 Å². The van der Waals surface area contributed by atoms with Crippen LogP contribution in [0.25, 0.3) is 0 Å². The van der Waals surface area contributed by atoms with E-state index < -0.39 is 10.0 Å². The van der Waals surface area contributed by atoms with Crippen LogP contribution in [0.15, 0.2) is 30.3 Å². The van der Waals surface area contributed by atoms with E-state index in [0.717, 1.165) is 54.1 Å². The summed E-state index contributed by atoms with van der Waals surface area (Å²) in [6.07, 6.45) is 2.32. The van der Waals surface area contributed by atoms with E-state index in [0.29, 0.717) is 0 Å². The third-order valence-electron chi connectivity index (χ3n) is 4.91. The molecule has 1 fully saturated rings. The van der Waals surface area contributed by atoms with Gasteiger partial charge in [-0.15, -0.1) is 0 Å². The number of hydrogen-bond donors (Lipinski definition) is 1. The van der Waals surface area contributed by atoms with Crippen LogP contribution in [0.5, 0.6) is 0 Å². The molecule has 2 aromatic rings. The summed E-state index contributed by atoms with van der Waals surface area (Å²) in [4.78, 5) is 6.90. The third-order valence-corrected chi connectivity index (χ3v) is 6.21. The van der Waals surface area contributed by atoms with E-state index in [1.54, 1.807) is 0 Å². The van der Waals surface area contributed by atoms with Crippen molar-refractivity contribution in [3.63, 3.8) is 0 Å². The molecular formula is C20H27N3O2S. The first-order chi connectivity index (χ1) is 12.3. The van der Waals surface area contributed by atoms with Gasteiger partial charge in [-0.3, -0.25) is 0 Å². The molecule has 2 heterocycles. The largest absolute Gasteiger partial charge is 0.356 e. The van der Waals surface area contributed by atoms with Crippen molar-refractivity contribution in [3.8, 4) is 0 Å². The molecule has 1 N–H and O–H groups in total. The van der Waals surface area contributed by atoms with E-state index in [2.05, 4.69) is 14.6 Å². The van der Waals surface area contributed by atoms with Crippen LogP contribution in [0.2, 0.25) is 0 Å². The zero-order valence-electron chi connectivity index (χ0n) is 15.7. The van der Waals surface area contributed by atoms with Crippen molar-refractivity contribution < 1.29 is 8.42 Å². The molecule has 5 nitrogen and oxygen atoms in total. The smallest absolute Gasteiger partial charge is 0.216 e. The SMILES string of the molecule is Cc1ccc(CNS(=O)(=O)Cc2ccc(C)c(C)c2)c(N2CCCC2)n1. The van der Waals surface area contributed by atoms with Gasteiger partial charge in [-0.1, -0.05) is 24.3 Å². The topological polar surface area (TPSA) is 62.3 Å². The molecule has 0 amide bonds. The lowest BCUT2D eigenvalue weighted by atomic mass is 10.1. The summed E-state index contributed by atoms with van der Waals surface area (Å²) in [7, 11) is -3.41. The van der Waals surface area contributed by atoms with Crippen LogP contribution in [0.1, 0.15) is 40.8 Å². The minimum atomic E-state index is -3.41. The third kappa shape index (κ3) is 4.62. The van der Waals surface area contributed by atoms with Gasteiger partial charge in [0, 0.05) is 30.9 Å². The number of rotatable bonds is 6. The fraction of sp³-hybridized carbons (Fsp3) is 0.450. The molecule has 1 aliphatic rings. The lowest BCUT2D eigenvalue weighted by molar-refractivity contribution is 0.580. The molecule has 140 valence electrons. The molecule has 1 aromatic heterocycles. The standard InChI is InChI=1S/C20H27N3O2S/c1-15-6-8-18(12-16(15)2)14-26(24,25)21-13-19-9-7-17(3)22-20(19)23-10-4-5-11-23/h6-9,12,21H,4-5,10-11,13-14H2,1-3H3. The summed E-state index contributed by atoms with van der Waals surface area (Å²) < 4.78 is 27.8. The monoisotopic (exact) mass is 373 g/mol. The molecule has 3 rings (SSSR count). The van der Waals surface area contributed by atoms with Crippen LogP contribution < -0.4 is 9.62 Å². The highest BCUT2D eigenvalue weighted by molar-refractivity contribution is 7.88. The molecule has 0 aliphatic carbocycles. The zero-order valence-corrected chi connectivity index (χ0v) is 16.6. The summed E-state index contributed by atoms with van der Waals surface area (Å²) in [6, 6.07) is 9.71. The van der Waals surface area contributed by atoms with Gasteiger partial charge in [-0.05, 0) is 56.4 Å². The second-order valence-electron chi connectivity index (χ2n) is 7.13. The Morgan fingerprint density at radius 3 is 2.46 bits per heavy atom. The Kier molecular flexibility index (Phi) is 5.63. The number of pyridine rings is 1. The van der Waals surface area contributed by atoms with Crippen LogP contribution in [0, 0.1) is 20.8 Å². The molecule has 1 aromatic carbocycles. The maximum absolute atomic E-state index is 12.5. The summed E-state index contributed by atoms with van der Waals surface area (Å²) in [5, 5.41) is 0. The van der Waals surface area contributed by atoms with Crippen LogP contribution in [-0.4, -0.2) is 26.5 Å². The predicted molar refractivity (Wildman–Crippen MR) is 106 cm³/mol. The Morgan fingerprint density at radius 2 is 1.77 bits per heavy atom. The van der Waals surface area contributed by atoms with Crippen molar-refractivity contribution in [1.82, 2.24) is 9.71 Å². The fourth-order valence-corrected chi connectivity index (χ4v) is 4.36. The summed E-state index contributed by atoms with van der Waals surface area (Å²) in [5.74, 6) is 0.906. The Labute approximate surface area is 156 Å². The summed E-state index contributed by atoms with van der Waals surface area (Å²) >= 11 is 0. The van der Waals surface area contributed by atoms with Gasteiger partial charge >= 0.3 is 0 Å². The maximum atomic E-state index is 12.5. The van der Waals surface area contributed by atoms with Gasteiger partial charge in [0.15, 0.2) is 0 Å². The highest BCUT2D eigenvalue weighted by Gasteiger charge is 2.19. The number of nitrogens with one attached hydrogen (secondary N) is 1. The lowest BCUT2D eigenvalue weighted by Crippen LogP contribution is -2.27. The number of sulfonamides is 1. The molecule has 0 atom stereocenters. The second-order valence-corrected chi connectivity index (χ2v) is 8.94. The van der Waals surface area contributed by atoms with Crippen molar-refractivity contribution in [2.24, 2.45) is 0 Å². The molecule has 1 saturated heterocycles. The van der Waals surface area contributed by atoms with Gasteiger partial charge < -0.3 is 4.90 Å². The number of hydrogen-bond acceptors (Lipinski definition) is 4. The normalized spacial score (nSPS) is 14.8. The molecule has 1 aliphatic heterocycles. The van der Waals surface area contributed by atoms with Crippen molar-refractivity contribution in [3.05, 3.63) is 58.3 Å². The first-order valence-corrected chi connectivity index (χ1v) is 10.7. The van der Waals surface area contributed by atoms with E-state index in [1.807, 2.05) is 51.1 Å². The number of aryl methyl sites for hydroxylation is 3. The molecule has 0 saturated carbocycles. The Morgan fingerprint density at radius 1 is 1.04 bits per heavy atom. The quantitative estimate of drug-likeness (QED) is 0.844. The minimum Gasteiger partial charge on any atom is -0.356 e. The molecule has 0 spiro atoms. The maximum Gasteiger partial charge on any atom is 0.216 e. The van der Waals surface area contributed by atoms with Gasteiger partial charge in [-0.2, -0.15) is 0 Å². The molecule has 26 heavy (non-hydrogen) atoms. The van der Waals surface area contributed by atoms with Crippen LogP contribution >= 0.6 is 0 Å². The van der Waals surface area contributed by atoms with Crippen molar-refractivity contribution >= 4 is 15.8 Å².